The van der Waals surface area contributed by atoms with E-state index in [4.69, 9.17) is 9.47 Å². The molecule has 37 heavy (non-hydrogen) atoms. The Bertz CT molecular complexity index is 1570. The topological polar surface area (TPSA) is 132 Å². The number of rotatable bonds is 6. The molecule has 0 fully saturated rings. The van der Waals surface area contributed by atoms with Gasteiger partial charge in [0, 0.05) is 12.4 Å². The first-order valence-electron chi connectivity index (χ1n) is 11.3. The van der Waals surface area contributed by atoms with Crippen LogP contribution in [-0.4, -0.2) is 50.3 Å². The predicted octanol–water partition coefficient (Wildman–Crippen LogP) is 5.52. The molecular formula is C27H21N3O6S. The van der Waals surface area contributed by atoms with Gasteiger partial charge in [0.25, 0.3) is 0 Å². The van der Waals surface area contributed by atoms with Gasteiger partial charge in [0.1, 0.15) is 13.2 Å². The van der Waals surface area contributed by atoms with E-state index in [1.807, 2.05) is 32.1 Å². The third-order valence-electron chi connectivity index (χ3n) is 5.47. The van der Waals surface area contributed by atoms with Crippen molar-refractivity contribution in [3.8, 4) is 44.7 Å². The molecule has 0 aliphatic carbocycles. The van der Waals surface area contributed by atoms with Gasteiger partial charge >= 0.3 is 11.9 Å². The highest BCUT2D eigenvalue weighted by Gasteiger charge is 2.25. The summed E-state index contributed by atoms with van der Waals surface area (Å²) in [6, 6.07) is 9.15. The molecule has 1 aliphatic heterocycles. The summed E-state index contributed by atoms with van der Waals surface area (Å²) in [6.07, 6.45) is 5.02. The smallest absolute Gasteiger partial charge is 0.335 e. The molecule has 4 aromatic rings. The van der Waals surface area contributed by atoms with Crippen molar-refractivity contribution < 1.29 is 29.3 Å². The number of pyridine rings is 3. The van der Waals surface area contributed by atoms with E-state index in [-0.39, 0.29) is 22.5 Å². The number of thiophene rings is 1. The number of hydrogen-bond acceptors (Lipinski definition) is 8. The molecule has 0 saturated heterocycles. The molecule has 186 valence electrons. The van der Waals surface area contributed by atoms with Gasteiger partial charge in [-0.15, -0.1) is 11.3 Å². The third-order valence-corrected chi connectivity index (χ3v) is 6.62. The monoisotopic (exact) mass is 515 g/mol. The van der Waals surface area contributed by atoms with Gasteiger partial charge in [-0.05, 0) is 61.9 Å². The van der Waals surface area contributed by atoms with Crippen LogP contribution in [0.4, 0.5) is 0 Å². The highest BCUT2D eigenvalue weighted by molar-refractivity contribution is 7.17. The van der Waals surface area contributed by atoms with E-state index < -0.39 is 11.9 Å². The van der Waals surface area contributed by atoms with Crippen molar-refractivity contribution in [3.63, 3.8) is 0 Å². The largest absolute Gasteiger partial charge is 0.485 e. The number of carboxylic acid groups (broad SMARTS) is 2. The maximum Gasteiger partial charge on any atom is 0.335 e. The van der Waals surface area contributed by atoms with Gasteiger partial charge in [0.15, 0.2) is 11.5 Å². The molecule has 0 amide bonds. The number of nitrogens with zero attached hydrogens (tertiary/aromatic N) is 3. The number of allylic oxidation sites excluding steroid dienone is 1. The predicted molar refractivity (Wildman–Crippen MR) is 138 cm³/mol. The molecule has 0 unspecified atom stereocenters. The Morgan fingerprint density at radius 1 is 0.838 bits per heavy atom. The van der Waals surface area contributed by atoms with Gasteiger partial charge in [0.05, 0.1) is 43.7 Å². The normalized spacial score (nSPS) is 12.2. The van der Waals surface area contributed by atoms with Gasteiger partial charge < -0.3 is 19.7 Å². The van der Waals surface area contributed by atoms with Gasteiger partial charge in [-0.2, -0.15) is 0 Å². The van der Waals surface area contributed by atoms with Gasteiger partial charge in [-0.1, -0.05) is 5.57 Å². The zero-order valence-electron chi connectivity index (χ0n) is 19.9. The third kappa shape index (κ3) is 4.91. The number of aromatic nitrogens is 3. The average molecular weight is 516 g/mol. The lowest BCUT2D eigenvalue weighted by atomic mass is 10.1. The van der Waals surface area contributed by atoms with Crippen LogP contribution in [0.2, 0.25) is 0 Å². The van der Waals surface area contributed by atoms with Crippen LogP contribution in [0, 0.1) is 0 Å². The molecule has 4 aromatic heterocycles. The minimum atomic E-state index is -1.15. The van der Waals surface area contributed by atoms with E-state index in [1.165, 1.54) is 41.8 Å². The summed E-state index contributed by atoms with van der Waals surface area (Å²) >= 11 is 1.54. The highest BCUT2D eigenvalue weighted by Crippen LogP contribution is 2.50. The molecular weight excluding hydrogens is 494 g/mol. The second kappa shape index (κ2) is 9.82. The maximum atomic E-state index is 11.9. The second-order valence-corrected chi connectivity index (χ2v) is 9.52. The SMILES string of the molecule is CC(C)=Cc1sc(-c2ccnc(-c3cc(C(=O)O)cc(-c4cc(C(=O)O)ccn4)n3)c2)c2c1OCCO2. The molecule has 9 nitrogen and oxygen atoms in total. The number of fused-ring (bicyclic) bond motifs is 1. The van der Waals surface area contributed by atoms with Crippen LogP contribution < -0.4 is 9.47 Å². The Morgan fingerprint density at radius 3 is 2.08 bits per heavy atom. The Kier molecular flexibility index (Phi) is 6.41. The first kappa shape index (κ1) is 24.1. The average Bonchev–Trinajstić information content (AvgIpc) is 3.26. The van der Waals surface area contributed by atoms with Gasteiger partial charge in [0.2, 0.25) is 0 Å². The van der Waals surface area contributed by atoms with E-state index in [1.54, 1.807) is 6.20 Å². The van der Waals surface area contributed by atoms with Crippen LogP contribution in [0.5, 0.6) is 11.5 Å². The molecule has 5 rings (SSSR count). The Balaban J connectivity index is 1.62. The van der Waals surface area contributed by atoms with Crippen molar-refractivity contribution in [3.05, 3.63) is 70.4 Å². The van der Waals surface area contributed by atoms with Crippen LogP contribution in [0.15, 0.2) is 54.4 Å². The highest BCUT2D eigenvalue weighted by atomic mass is 32.1. The molecule has 5 heterocycles. The minimum absolute atomic E-state index is 0.0195. The van der Waals surface area contributed by atoms with Crippen LogP contribution in [0.1, 0.15) is 39.4 Å². The van der Waals surface area contributed by atoms with Crippen molar-refractivity contribution in [2.24, 2.45) is 0 Å². The molecule has 0 radical (unpaired) electrons. The Labute approximate surface area is 215 Å². The van der Waals surface area contributed by atoms with Crippen LogP contribution >= 0.6 is 11.3 Å². The van der Waals surface area contributed by atoms with Gasteiger partial charge in [-0.25, -0.2) is 14.6 Å². The standard InChI is InChI=1S/C27H21N3O6S/c1-14(2)9-22-23-24(36-8-7-35-23)25(37-22)15-3-5-28-18(10-15)20-12-17(27(33)34)13-21(30-20)19-11-16(26(31)32)4-6-29-19/h3-6,9-13H,7-8H2,1-2H3,(H,31,32)(H,33,34). The van der Waals surface area contributed by atoms with Crippen molar-refractivity contribution in [2.75, 3.05) is 13.2 Å². The minimum Gasteiger partial charge on any atom is -0.485 e. The zero-order valence-corrected chi connectivity index (χ0v) is 20.7. The molecule has 0 bridgehead atoms. The molecule has 2 N–H and O–H groups in total. The van der Waals surface area contributed by atoms with E-state index in [0.29, 0.717) is 36.1 Å². The van der Waals surface area contributed by atoms with Crippen LogP contribution in [0.25, 0.3) is 39.3 Å². The quantitative estimate of drug-likeness (QED) is 0.340. The molecule has 0 spiro atoms. The zero-order chi connectivity index (χ0) is 26.1. The maximum absolute atomic E-state index is 11.9. The summed E-state index contributed by atoms with van der Waals surface area (Å²) in [4.78, 5) is 38.3. The summed E-state index contributed by atoms with van der Waals surface area (Å²) in [7, 11) is 0. The van der Waals surface area contributed by atoms with Crippen molar-refractivity contribution in [2.45, 2.75) is 13.8 Å². The first-order valence-corrected chi connectivity index (χ1v) is 12.1. The first-order chi connectivity index (χ1) is 17.8. The fourth-order valence-corrected chi connectivity index (χ4v) is 5.10. The molecule has 0 aromatic carbocycles. The van der Waals surface area contributed by atoms with Crippen LogP contribution in [-0.2, 0) is 0 Å². The Morgan fingerprint density at radius 2 is 1.43 bits per heavy atom. The summed E-state index contributed by atoms with van der Waals surface area (Å²) in [6.45, 7) is 4.94. The summed E-state index contributed by atoms with van der Waals surface area (Å²) in [5, 5.41) is 19.0. The summed E-state index contributed by atoms with van der Waals surface area (Å²) in [5.74, 6) is -0.891. The van der Waals surface area contributed by atoms with Crippen LogP contribution in [0.3, 0.4) is 0 Å². The Hall–Kier alpha value is -4.57. The van der Waals surface area contributed by atoms with Crippen molar-refractivity contribution in [1.82, 2.24) is 15.0 Å². The summed E-state index contributed by atoms with van der Waals surface area (Å²) < 4.78 is 11.9. The van der Waals surface area contributed by atoms with E-state index in [2.05, 4.69) is 15.0 Å². The number of hydrogen-bond donors (Lipinski definition) is 2. The summed E-state index contributed by atoms with van der Waals surface area (Å²) in [5.41, 5.74) is 3.16. The number of carbonyl (C=O) groups is 2. The van der Waals surface area contributed by atoms with Crippen molar-refractivity contribution in [1.29, 1.82) is 0 Å². The van der Waals surface area contributed by atoms with E-state index in [0.717, 1.165) is 20.9 Å². The van der Waals surface area contributed by atoms with Gasteiger partial charge in [-0.3, -0.25) is 9.97 Å². The van der Waals surface area contributed by atoms with E-state index in [9.17, 15) is 19.8 Å². The molecule has 0 saturated carbocycles. The fourth-order valence-electron chi connectivity index (χ4n) is 3.85. The number of ether oxygens (including phenoxy) is 2. The number of aromatic carboxylic acids is 2. The lowest BCUT2D eigenvalue weighted by Crippen LogP contribution is -2.14. The second-order valence-electron chi connectivity index (χ2n) is 8.47. The lowest BCUT2D eigenvalue weighted by molar-refractivity contribution is 0.0686. The van der Waals surface area contributed by atoms with E-state index >= 15 is 0 Å². The van der Waals surface area contributed by atoms with Crippen molar-refractivity contribution >= 4 is 29.4 Å². The fraction of sp³-hybridized carbons (Fsp3) is 0.148. The molecule has 1 aliphatic rings. The number of carboxylic acids is 2. The molecule has 10 heteroatoms. The molecule has 0 atom stereocenters. The lowest BCUT2D eigenvalue weighted by Gasteiger charge is -2.17.